The van der Waals surface area contributed by atoms with Crippen LogP contribution in [0.2, 0.25) is 0 Å². The highest BCUT2D eigenvalue weighted by Gasteiger charge is 2.45. The molecule has 0 fully saturated rings. The molecule has 2 unspecified atom stereocenters. The van der Waals surface area contributed by atoms with Gasteiger partial charge in [0.2, 0.25) is 0 Å². The molecule has 0 amide bonds. The lowest BCUT2D eigenvalue weighted by Gasteiger charge is -2.03. The van der Waals surface area contributed by atoms with Crippen molar-refractivity contribution in [1.82, 2.24) is 0 Å². The number of methoxy groups -OCH3 is 1. The monoisotopic (exact) mass is 240 g/mol. The first kappa shape index (κ1) is 14.2. The summed E-state index contributed by atoms with van der Waals surface area (Å²) >= 11 is 0. The van der Waals surface area contributed by atoms with Crippen molar-refractivity contribution in [1.29, 1.82) is 0 Å². The molecule has 0 aromatic heterocycles. The Morgan fingerprint density at radius 2 is 2.06 bits per heavy atom. The molecule has 0 radical (unpaired) electrons. The van der Waals surface area contributed by atoms with Crippen LogP contribution in [0.4, 0.5) is 0 Å². The van der Waals surface area contributed by atoms with Crippen molar-refractivity contribution >= 4 is 5.97 Å². The molecule has 0 aromatic carbocycles. The average Bonchev–Trinajstić information content (AvgIpc) is 3.07. The lowest BCUT2D eigenvalue weighted by atomic mass is 10.1. The van der Waals surface area contributed by atoms with E-state index >= 15 is 0 Å². The van der Waals surface area contributed by atoms with Gasteiger partial charge in [-0.2, -0.15) is 0 Å². The van der Waals surface area contributed by atoms with E-state index in [9.17, 15) is 9.90 Å². The summed E-state index contributed by atoms with van der Waals surface area (Å²) in [7, 11) is 1.41. The number of aliphatic hydroxyl groups excluding tert-OH is 1. The molecular weight excluding hydrogens is 216 g/mol. The van der Waals surface area contributed by atoms with E-state index < -0.39 is 6.10 Å². The molecule has 0 bridgehead atoms. The SMILES string of the molecule is CCCCCCC1=C(C(O)CC)C1C(=O)OC. The molecule has 3 nitrogen and oxygen atoms in total. The predicted molar refractivity (Wildman–Crippen MR) is 67.6 cm³/mol. The summed E-state index contributed by atoms with van der Waals surface area (Å²) in [5, 5.41) is 9.82. The molecule has 0 aliphatic heterocycles. The number of carbonyl (C=O) groups excluding carboxylic acids is 1. The quantitative estimate of drug-likeness (QED) is 0.403. The zero-order chi connectivity index (χ0) is 12.8. The van der Waals surface area contributed by atoms with Gasteiger partial charge in [0, 0.05) is 0 Å². The van der Waals surface area contributed by atoms with Gasteiger partial charge in [0.05, 0.1) is 13.2 Å². The fourth-order valence-corrected chi connectivity index (χ4v) is 2.33. The minimum Gasteiger partial charge on any atom is -0.468 e. The molecule has 98 valence electrons. The lowest BCUT2D eigenvalue weighted by molar-refractivity contribution is -0.141. The third-order valence-electron chi connectivity index (χ3n) is 3.43. The van der Waals surface area contributed by atoms with Gasteiger partial charge in [-0.3, -0.25) is 4.79 Å². The molecule has 1 aliphatic carbocycles. The van der Waals surface area contributed by atoms with Crippen LogP contribution in [-0.4, -0.2) is 24.3 Å². The Morgan fingerprint density at radius 1 is 1.35 bits per heavy atom. The summed E-state index contributed by atoms with van der Waals surface area (Å²) in [4.78, 5) is 11.5. The van der Waals surface area contributed by atoms with Crippen molar-refractivity contribution < 1.29 is 14.6 Å². The summed E-state index contributed by atoms with van der Waals surface area (Å²) in [6.45, 7) is 4.11. The van der Waals surface area contributed by atoms with Gasteiger partial charge in [-0.25, -0.2) is 0 Å². The number of aliphatic hydroxyl groups is 1. The second kappa shape index (κ2) is 6.80. The summed E-state index contributed by atoms with van der Waals surface area (Å²) in [6, 6.07) is 0. The zero-order valence-corrected chi connectivity index (χ0v) is 11.2. The van der Waals surface area contributed by atoms with Crippen molar-refractivity contribution in [3.05, 3.63) is 11.1 Å². The van der Waals surface area contributed by atoms with Crippen LogP contribution >= 0.6 is 0 Å². The third kappa shape index (κ3) is 3.56. The van der Waals surface area contributed by atoms with Crippen molar-refractivity contribution in [2.24, 2.45) is 5.92 Å². The van der Waals surface area contributed by atoms with Crippen LogP contribution in [0.5, 0.6) is 0 Å². The number of carbonyl (C=O) groups is 1. The number of hydrogen-bond donors (Lipinski definition) is 1. The number of ether oxygens (including phenoxy) is 1. The van der Waals surface area contributed by atoms with Gasteiger partial charge >= 0.3 is 5.97 Å². The Morgan fingerprint density at radius 3 is 2.59 bits per heavy atom. The van der Waals surface area contributed by atoms with Gasteiger partial charge in [-0.1, -0.05) is 33.1 Å². The normalized spacial score (nSPS) is 20.4. The van der Waals surface area contributed by atoms with Crippen LogP contribution in [-0.2, 0) is 9.53 Å². The minimum absolute atomic E-state index is 0.210. The van der Waals surface area contributed by atoms with E-state index in [2.05, 4.69) is 6.92 Å². The van der Waals surface area contributed by atoms with Gasteiger partial charge in [0.25, 0.3) is 0 Å². The Kier molecular flexibility index (Phi) is 5.69. The molecule has 2 atom stereocenters. The highest BCUT2D eigenvalue weighted by atomic mass is 16.5. The first-order valence-corrected chi connectivity index (χ1v) is 6.66. The summed E-state index contributed by atoms with van der Waals surface area (Å²) in [6.07, 6.45) is 5.90. The van der Waals surface area contributed by atoms with Crippen LogP contribution < -0.4 is 0 Å². The Balaban J connectivity index is 2.47. The van der Waals surface area contributed by atoms with E-state index in [1.807, 2.05) is 6.92 Å². The van der Waals surface area contributed by atoms with E-state index in [0.29, 0.717) is 6.42 Å². The van der Waals surface area contributed by atoms with Crippen LogP contribution in [0.3, 0.4) is 0 Å². The summed E-state index contributed by atoms with van der Waals surface area (Å²) in [5.41, 5.74) is 2.05. The smallest absolute Gasteiger partial charge is 0.317 e. The molecule has 0 aromatic rings. The van der Waals surface area contributed by atoms with Crippen molar-refractivity contribution in [3.8, 4) is 0 Å². The molecular formula is C14H24O3. The van der Waals surface area contributed by atoms with Crippen LogP contribution in [0.1, 0.15) is 52.4 Å². The molecule has 0 spiro atoms. The summed E-state index contributed by atoms with van der Waals surface area (Å²) < 4.78 is 4.77. The first-order chi connectivity index (χ1) is 8.17. The molecule has 17 heavy (non-hydrogen) atoms. The third-order valence-corrected chi connectivity index (χ3v) is 3.43. The number of unbranched alkanes of at least 4 members (excludes halogenated alkanes) is 3. The molecule has 3 heteroatoms. The molecule has 1 aliphatic rings. The molecule has 0 saturated heterocycles. The number of esters is 1. The highest BCUT2D eigenvalue weighted by Crippen LogP contribution is 2.46. The van der Waals surface area contributed by atoms with Gasteiger partial charge in [-0.15, -0.1) is 0 Å². The standard InChI is InChI=1S/C14H24O3/c1-4-6-7-8-9-10-12(11(15)5-2)13(10)14(16)17-3/h11,13,15H,4-9H2,1-3H3. The van der Waals surface area contributed by atoms with Crippen LogP contribution in [0.15, 0.2) is 11.1 Å². The Bertz CT molecular complexity index is 294. The number of hydrogen-bond acceptors (Lipinski definition) is 3. The minimum atomic E-state index is -0.458. The molecule has 1 rings (SSSR count). The van der Waals surface area contributed by atoms with E-state index in [1.54, 1.807) is 0 Å². The fraction of sp³-hybridized carbons (Fsp3) is 0.786. The molecule has 1 N–H and O–H groups in total. The fourth-order valence-electron chi connectivity index (χ4n) is 2.33. The largest absolute Gasteiger partial charge is 0.468 e. The van der Waals surface area contributed by atoms with Gasteiger partial charge < -0.3 is 9.84 Å². The Labute approximate surface area is 104 Å². The number of rotatable bonds is 8. The van der Waals surface area contributed by atoms with E-state index in [-0.39, 0.29) is 11.9 Å². The van der Waals surface area contributed by atoms with Crippen molar-refractivity contribution in [3.63, 3.8) is 0 Å². The topological polar surface area (TPSA) is 46.5 Å². The lowest BCUT2D eigenvalue weighted by Crippen LogP contribution is -2.12. The van der Waals surface area contributed by atoms with E-state index in [1.165, 1.54) is 26.4 Å². The van der Waals surface area contributed by atoms with Crippen LogP contribution in [0.25, 0.3) is 0 Å². The van der Waals surface area contributed by atoms with Gasteiger partial charge in [-0.05, 0) is 30.4 Å². The first-order valence-electron chi connectivity index (χ1n) is 6.66. The highest BCUT2D eigenvalue weighted by molar-refractivity contribution is 5.86. The second-order valence-corrected chi connectivity index (χ2v) is 4.67. The maximum absolute atomic E-state index is 11.5. The van der Waals surface area contributed by atoms with Crippen molar-refractivity contribution in [2.75, 3.05) is 7.11 Å². The van der Waals surface area contributed by atoms with E-state index in [4.69, 9.17) is 4.74 Å². The maximum atomic E-state index is 11.5. The predicted octanol–water partition coefficient (Wildman–Crippen LogP) is 2.83. The maximum Gasteiger partial charge on any atom is 0.317 e. The van der Waals surface area contributed by atoms with Crippen molar-refractivity contribution in [2.45, 2.75) is 58.5 Å². The Hall–Kier alpha value is -0.830. The summed E-state index contributed by atoms with van der Waals surface area (Å²) in [5.74, 6) is -0.422. The van der Waals surface area contributed by atoms with Gasteiger partial charge in [0.1, 0.15) is 5.92 Å². The molecule has 0 saturated carbocycles. The van der Waals surface area contributed by atoms with Gasteiger partial charge in [0.15, 0.2) is 0 Å². The second-order valence-electron chi connectivity index (χ2n) is 4.67. The van der Waals surface area contributed by atoms with Crippen LogP contribution in [0, 0.1) is 5.92 Å². The van der Waals surface area contributed by atoms with E-state index in [0.717, 1.165) is 24.0 Å². The zero-order valence-electron chi connectivity index (χ0n) is 11.2. The average molecular weight is 240 g/mol. The molecule has 0 heterocycles.